The van der Waals surface area contributed by atoms with Crippen molar-refractivity contribution in [3.63, 3.8) is 0 Å². The van der Waals surface area contributed by atoms with E-state index in [4.69, 9.17) is 4.52 Å². The van der Waals surface area contributed by atoms with E-state index < -0.39 is 10.0 Å². The lowest BCUT2D eigenvalue weighted by atomic mass is 9.96. The maximum atomic E-state index is 13.5. The molecule has 1 N–H and O–H groups in total. The summed E-state index contributed by atoms with van der Waals surface area (Å²) in [7, 11) is -3.94. The van der Waals surface area contributed by atoms with Gasteiger partial charge < -0.3 is 4.52 Å². The van der Waals surface area contributed by atoms with Gasteiger partial charge in [-0.05, 0) is 37.1 Å². The number of fused-ring (bicyclic) bond motifs is 1. The van der Waals surface area contributed by atoms with Gasteiger partial charge in [-0.15, -0.1) is 0 Å². The summed E-state index contributed by atoms with van der Waals surface area (Å²) in [6.07, 6.45) is 0.719. The highest BCUT2D eigenvalue weighted by molar-refractivity contribution is 7.92. The molecule has 0 atom stereocenters. The second-order valence-electron chi connectivity index (χ2n) is 8.37. The molecular weight excluding hydrogens is 474 g/mol. The molecule has 180 valence electrons. The van der Waals surface area contributed by atoms with Crippen LogP contribution in [0.2, 0.25) is 0 Å². The Hall–Kier alpha value is -4.30. The standard InChI is InChI=1S/C28H23N3O4S/c1-3-21-17-24(23-9-4-6-10-25(23)29-21)28(32)20-14-12-19(13-15-20)22-8-5-7-11-26(22)36(33,34)31-27-16-18(2)30-35-27/h4-17,31H,3H2,1-2H3. The number of hydrogen-bond acceptors (Lipinski definition) is 6. The molecule has 0 aliphatic rings. The van der Waals surface area contributed by atoms with Crippen LogP contribution >= 0.6 is 0 Å². The molecule has 3 aromatic carbocycles. The van der Waals surface area contributed by atoms with Gasteiger partial charge in [-0.3, -0.25) is 9.78 Å². The molecule has 8 heteroatoms. The van der Waals surface area contributed by atoms with Crippen molar-refractivity contribution in [1.82, 2.24) is 10.1 Å². The second kappa shape index (κ2) is 9.39. The maximum absolute atomic E-state index is 13.5. The molecule has 0 aliphatic heterocycles. The predicted octanol–water partition coefficient (Wildman–Crippen LogP) is 5.79. The Labute approximate surface area is 208 Å². The van der Waals surface area contributed by atoms with Crippen LogP contribution in [-0.2, 0) is 16.4 Å². The smallest absolute Gasteiger partial charge is 0.264 e. The molecule has 0 unspecified atom stereocenters. The first-order chi connectivity index (χ1) is 17.4. The van der Waals surface area contributed by atoms with E-state index in [2.05, 4.69) is 14.9 Å². The topological polar surface area (TPSA) is 102 Å². The van der Waals surface area contributed by atoms with Crippen molar-refractivity contribution in [3.8, 4) is 11.1 Å². The van der Waals surface area contributed by atoms with Gasteiger partial charge in [-0.1, -0.05) is 72.7 Å². The van der Waals surface area contributed by atoms with Crippen molar-refractivity contribution in [1.29, 1.82) is 0 Å². The summed E-state index contributed by atoms with van der Waals surface area (Å²) < 4.78 is 33.6. The minimum atomic E-state index is -3.94. The number of rotatable bonds is 7. The van der Waals surface area contributed by atoms with Crippen LogP contribution in [0.25, 0.3) is 22.0 Å². The lowest BCUT2D eigenvalue weighted by molar-refractivity contribution is 0.104. The molecule has 0 saturated heterocycles. The van der Waals surface area contributed by atoms with Crippen LogP contribution in [0, 0.1) is 6.92 Å². The quantitative estimate of drug-likeness (QED) is 0.286. The molecule has 2 heterocycles. The first-order valence-corrected chi connectivity index (χ1v) is 12.9. The van der Waals surface area contributed by atoms with E-state index in [0.717, 1.165) is 23.0 Å². The third kappa shape index (κ3) is 4.50. The number of ketones is 1. The molecule has 0 saturated carbocycles. The molecule has 0 amide bonds. The molecule has 0 fully saturated rings. The van der Waals surface area contributed by atoms with Crippen LogP contribution in [0.5, 0.6) is 0 Å². The minimum absolute atomic E-state index is 0.0410. The first-order valence-electron chi connectivity index (χ1n) is 11.4. The molecule has 5 rings (SSSR count). The van der Waals surface area contributed by atoms with Crippen LogP contribution < -0.4 is 4.72 Å². The Morgan fingerprint density at radius 1 is 0.944 bits per heavy atom. The van der Waals surface area contributed by atoms with Crippen molar-refractivity contribution in [2.24, 2.45) is 0 Å². The van der Waals surface area contributed by atoms with E-state index >= 15 is 0 Å². The van der Waals surface area contributed by atoms with E-state index in [9.17, 15) is 13.2 Å². The number of sulfonamides is 1. The number of nitrogens with zero attached hydrogens (tertiary/aromatic N) is 2. The number of aryl methyl sites for hydroxylation is 2. The Balaban J connectivity index is 1.49. The number of nitrogens with one attached hydrogen (secondary N) is 1. The van der Waals surface area contributed by atoms with Gasteiger partial charge in [0.2, 0.25) is 5.88 Å². The number of hydrogen-bond donors (Lipinski definition) is 1. The van der Waals surface area contributed by atoms with Crippen LogP contribution in [0.3, 0.4) is 0 Å². The highest BCUT2D eigenvalue weighted by atomic mass is 32.2. The molecule has 0 spiro atoms. The third-order valence-corrected chi connectivity index (χ3v) is 7.28. The fourth-order valence-electron chi connectivity index (χ4n) is 4.09. The average Bonchev–Trinajstić information content (AvgIpc) is 3.31. The molecule has 5 aromatic rings. The molecule has 36 heavy (non-hydrogen) atoms. The van der Waals surface area contributed by atoms with Crippen molar-refractivity contribution in [2.45, 2.75) is 25.2 Å². The van der Waals surface area contributed by atoms with Crippen molar-refractivity contribution in [3.05, 3.63) is 107 Å². The molecular formula is C28H23N3O4S. The number of anilines is 1. The number of carbonyl (C=O) groups is 1. The number of para-hydroxylation sites is 1. The van der Waals surface area contributed by atoms with Crippen molar-refractivity contribution < 1.29 is 17.7 Å². The van der Waals surface area contributed by atoms with Crippen LogP contribution in [0.15, 0.2) is 94.3 Å². The summed E-state index contributed by atoms with van der Waals surface area (Å²) in [5.41, 5.74) is 4.47. The van der Waals surface area contributed by atoms with E-state index in [1.165, 1.54) is 12.1 Å². The molecule has 7 nitrogen and oxygen atoms in total. The maximum Gasteiger partial charge on any atom is 0.264 e. The molecule has 0 aliphatic carbocycles. The first kappa shape index (κ1) is 23.4. The molecule has 2 aromatic heterocycles. The van der Waals surface area contributed by atoms with Gasteiger partial charge in [0.1, 0.15) is 0 Å². The van der Waals surface area contributed by atoms with Crippen LogP contribution in [-0.4, -0.2) is 24.3 Å². The van der Waals surface area contributed by atoms with Gasteiger partial charge in [0, 0.05) is 33.8 Å². The van der Waals surface area contributed by atoms with Crippen LogP contribution in [0.1, 0.15) is 34.2 Å². The zero-order chi connectivity index (χ0) is 25.3. The summed E-state index contributed by atoms with van der Waals surface area (Å²) >= 11 is 0. The monoisotopic (exact) mass is 497 g/mol. The van der Waals surface area contributed by atoms with Gasteiger partial charge in [0.15, 0.2) is 5.78 Å². The third-order valence-electron chi connectivity index (χ3n) is 5.87. The van der Waals surface area contributed by atoms with E-state index in [1.54, 1.807) is 49.4 Å². The van der Waals surface area contributed by atoms with E-state index in [0.29, 0.717) is 27.9 Å². The number of aromatic nitrogens is 2. The summed E-state index contributed by atoms with van der Waals surface area (Å²) in [6.45, 7) is 3.71. The molecule has 0 radical (unpaired) electrons. The Kier molecular flexibility index (Phi) is 6.12. The highest BCUT2D eigenvalue weighted by Gasteiger charge is 2.21. The lowest BCUT2D eigenvalue weighted by Gasteiger charge is -2.12. The summed E-state index contributed by atoms with van der Waals surface area (Å²) in [6, 6.07) is 24.6. The zero-order valence-corrected chi connectivity index (χ0v) is 20.5. The van der Waals surface area contributed by atoms with Gasteiger partial charge in [-0.25, -0.2) is 13.1 Å². The molecule has 0 bridgehead atoms. The summed E-state index contributed by atoms with van der Waals surface area (Å²) in [5, 5.41) is 4.52. The number of benzene rings is 3. The second-order valence-corrected chi connectivity index (χ2v) is 10.0. The number of carbonyl (C=O) groups excluding carboxylic acids is 1. The zero-order valence-electron chi connectivity index (χ0n) is 19.7. The predicted molar refractivity (Wildman–Crippen MR) is 138 cm³/mol. The lowest BCUT2D eigenvalue weighted by Crippen LogP contribution is -2.13. The normalized spacial score (nSPS) is 11.5. The Bertz CT molecular complexity index is 1690. The fourth-order valence-corrected chi connectivity index (χ4v) is 5.30. The van der Waals surface area contributed by atoms with Crippen LogP contribution in [0.4, 0.5) is 5.88 Å². The van der Waals surface area contributed by atoms with Gasteiger partial charge in [0.05, 0.1) is 16.1 Å². The average molecular weight is 498 g/mol. The Morgan fingerprint density at radius 2 is 1.67 bits per heavy atom. The SMILES string of the molecule is CCc1cc(C(=O)c2ccc(-c3ccccc3S(=O)(=O)Nc3cc(C)no3)cc2)c2ccccc2n1. The minimum Gasteiger partial charge on any atom is -0.338 e. The van der Waals surface area contributed by atoms with Gasteiger partial charge in [-0.2, -0.15) is 0 Å². The van der Waals surface area contributed by atoms with Crippen molar-refractivity contribution in [2.75, 3.05) is 4.72 Å². The van der Waals surface area contributed by atoms with E-state index in [1.807, 2.05) is 37.3 Å². The van der Waals surface area contributed by atoms with Gasteiger partial charge in [0.25, 0.3) is 10.0 Å². The summed E-state index contributed by atoms with van der Waals surface area (Å²) in [4.78, 5) is 18.2. The van der Waals surface area contributed by atoms with Gasteiger partial charge >= 0.3 is 0 Å². The van der Waals surface area contributed by atoms with E-state index in [-0.39, 0.29) is 16.6 Å². The summed E-state index contributed by atoms with van der Waals surface area (Å²) in [5.74, 6) is -0.0719. The fraction of sp³-hybridized carbons (Fsp3) is 0.107. The Morgan fingerprint density at radius 3 is 2.39 bits per heavy atom. The number of pyridine rings is 1. The highest BCUT2D eigenvalue weighted by Crippen LogP contribution is 2.30. The van der Waals surface area contributed by atoms with Crippen molar-refractivity contribution >= 4 is 32.6 Å². The largest absolute Gasteiger partial charge is 0.338 e.